The lowest BCUT2D eigenvalue weighted by atomic mass is 9.88. The summed E-state index contributed by atoms with van der Waals surface area (Å²) in [6, 6.07) is 5.85. The van der Waals surface area contributed by atoms with Gasteiger partial charge in [-0.2, -0.15) is 0 Å². The van der Waals surface area contributed by atoms with E-state index in [0.717, 1.165) is 39.6 Å². The molecule has 0 aliphatic carbocycles. The van der Waals surface area contributed by atoms with E-state index >= 15 is 0 Å². The van der Waals surface area contributed by atoms with Gasteiger partial charge in [-0.25, -0.2) is 0 Å². The third-order valence-corrected chi connectivity index (χ3v) is 3.53. The molecule has 2 saturated heterocycles. The van der Waals surface area contributed by atoms with Crippen molar-refractivity contribution in [2.75, 3.05) is 39.6 Å². The predicted octanol–water partition coefficient (Wildman–Crippen LogP) is 2.17. The van der Waals surface area contributed by atoms with Crippen LogP contribution in [0.1, 0.15) is 13.8 Å². The lowest BCUT2D eigenvalue weighted by Gasteiger charge is -2.41. The van der Waals surface area contributed by atoms with Gasteiger partial charge in [0.25, 0.3) is 0 Å². The quantitative estimate of drug-likeness (QED) is 0.891. The number of ether oxygens (including phenoxy) is 3. The highest BCUT2D eigenvalue weighted by molar-refractivity contribution is 5.30. The molecule has 0 bridgehead atoms. The van der Waals surface area contributed by atoms with Gasteiger partial charge in [-0.3, -0.25) is 0 Å². The zero-order valence-electron chi connectivity index (χ0n) is 12.7. The second kappa shape index (κ2) is 6.64. The van der Waals surface area contributed by atoms with Crippen LogP contribution in [0.5, 0.6) is 11.5 Å². The number of aromatic hydroxyl groups is 2. The van der Waals surface area contributed by atoms with Gasteiger partial charge in [0.05, 0.1) is 39.6 Å². The molecule has 21 heavy (non-hydrogen) atoms. The van der Waals surface area contributed by atoms with Crippen molar-refractivity contribution in [2.24, 2.45) is 10.8 Å². The summed E-state index contributed by atoms with van der Waals surface area (Å²) in [6.45, 7) is 9.44. The third kappa shape index (κ3) is 4.88. The molecule has 0 spiro atoms. The van der Waals surface area contributed by atoms with Crippen LogP contribution in [0.3, 0.4) is 0 Å². The Morgan fingerprint density at radius 3 is 1.62 bits per heavy atom. The molecule has 0 unspecified atom stereocenters. The molecule has 3 rings (SSSR count). The molecular formula is C16H24O5. The van der Waals surface area contributed by atoms with Gasteiger partial charge in [-0.1, -0.05) is 19.9 Å². The Bertz CT molecular complexity index is 414. The zero-order chi connectivity index (χ0) is 15.3. The van der Waals surface area contributed by atoms with Gasteiger partial charge in [0.2, 0.25) is 0 Å². The van der Waals surface area contributed by atoms with Gasteiger partial charge in [0.1, 0.15) is 11.5 Å². The Labute approximate surface area is 125 Å². The van der Waals surface area contributed by atoms with Gasteiger partial charge in [-0.15, -0.1) is 0 Å². The maximum atomic E-state index is 8.65. The fourth-order valence-corrected chi connectivity index (χ4v) is 2.10. The third-order valence-electron chi connectivity index (χ3n) is 3.53. The maximum Gasteiger partial charge on any atom is 0.119 e. The largest absolute Gasteiger partial charge is 0.508 e. The molecule has 2 aliphatic rings. The van der Waals surface area contributed by atoms with Gasteiger partial charge in [0.15, 0.2) is 0 Å². The molecule has 0 saturated carbocycles. The highest BCUT2D eigenvalue weighted by Gasteiger charge is 2.37. The molecule has 2 heterocycles. The van der Waals surface area contributed by atoms with Crippen LogP contribution in [-0.2, 0) is 14.2 Å². The van der Waals surface area contributed by atoms with Crippen molar-refractivity contribution in [2.45, 2.75) is 13.8 Å². The summed E-state index contributed by atoms with van der Waals surface area (Å²) in [7, 11) is 0. The minimum atomic E-state index is 0.0880. The Kier molecular flexibility index (Phi) is 5.08. The van der Waals surface area contributed by atoms with Crippen molar-refractivity contribution in [1.29, 1.82) is 0 Å². The molecular weight excluding hydrogens is 272 g/mol. The Morgan fingerprint density at radius 1 is 0.952 bits per heavy atom. The van der Waals surface area contributed by atoms with Crippen LogP contribution < -0.4 is 0 Å². The van der Waals surface area contributed by atoms with E-state index < -0.39 is 0 Å². The SMILES string of the molecule is CC1(COCC2(C)COC2)COC1.Oc1cccc(O)c1. The number of hydrogen-bond acceptors (Lipinski definition) is 5. The summed E-state index contributed by atoms with van der Waals surface area (Å²) in [5.41, 5.74) is 0.557. The molecule has 1 aromatic rings. The summed E-state index contributed by atoms with van der Waals surface area (Å²) >= 11 is 0. The molecule has 0 amide bonds. The highest BCUT2D eigenvalue weighted by atomic mass is 16.5. The van der Waals surface area contributed by atoms with Gasteiger partial charge >= 0.3 is 0 Å². The van der Waals surface area contributed by atoms with Gasteiger partial charge in [0, 0.05) is 16.9 Å². The van der Waals surface area contributed by atoms with Crippen molar-refractivity contribution >= 4 is 0 Å². The topological polar surface area (TPSA) is 68.2 Å². The first-order valence-electron chi connectivity index (χ1n) is 7.12. The fraction of sp³-hybridized carbons (Fsp3) is 0.625. The molecule has 5 heteroatoms. The number of rotatable bonds is 4. The molecule has 5 nitrogen and oxygen atoms in total. The molecule has 2 fully saturated rings. The predicted molar refractivity (Wildman–Crippen MR) is 78.4 cm³/mol. The summed E-state index contributed by atoms with van der Waals surface area (Å²) in [6.07, 6.45) is 0. The zero-order valence-corrected chi connectivity index (χ0v) is 12.7. The number of hydrogen-bond donors (Lipinski definition) is 2. The molecule has 1 aromatic carbocycles. The van der Waals surface area contributed by atoms with Crippen molar-refractivity contribution < 1.29 is 24.4 Å². The average molecular weight is 296 g/mol. The summed E-state index contributed by atoms with van der Waals surface area (Å²) < 4.78 is 16.0. The minimum absolute atomic E-state index is 0.0880. The number of phenolic OH excluding ortho intramolecular Hbond substituents is 2. The number of benzene rings is 1. The second-order valence-electron chi connectivity index (χ2n) is 6.62. The van der Waals surface area contributed by atoms with Crippen molar-refractivity contribution in [1.82, 2.24) is 0 Å². The normalized spacial score (nSPS) is 21.4. The fourth-order valence-electron chi connectivity index (χ4n) is 2.10. The van der Waals surface area contributed by atoms with E-state index in [1.165, 1.54) is 18.2 Å². The smallest absolute Gasteiger partial charge is 0.119 e. The van der Waals surface area contributed by atoms with E-state index in [1.807, 2.05) is 0 Å². The van der Waals surface area contributed by atoms with E-state index in [-0.39, 0.29) is 22.3 Å². The van der Waals surface area contributed by atoms with E-state index in [1.54, 1.807) is 6.07 Å². The Balaban J connectivity index is 0.000000173. The van der Waals surface area contributed by atoms with E-state index in [9.17, 15) is 0 Å². The van der Waals surface area contributed by atoms with E-state index in [2.05, 4.69) is 13.8 Å². The summed E-state index contributed by atoms with van der Waals surface area (Å²) in [5.74, 6) is 0.176. The maximum absolute atomic E-state index is 8.65. The lowest BCUT2D eigenvalue weighted by molar-refractivity contribution is -0.174. The van der Waals surface area contributed by atoms with Crippen LogP contribution >= 0.6 is 0 Å². The molecule has 2 N–H and O–H groups in total. The monoisotopic (exact) mass is 296 g/mol. The molecule has 0 atom stereocenters. The van der Waals surface area contributed by atoms with Crippen LogP contribution in [0.15, 0.2) is 24.3 Å². The van der Waals surface area contributed by atoms with Gasteiger partial charge in [-0.05, 0) is 12.1 Å². The highest BCUT2D eigenvalue weighted by Crippen LogP contribution is 2.30. The van der Waals surface area contributed by atoms with Gasteiger partial charge < -0.3 is 24.4 Å². The van der Waals surface area contributed by atoms with Crippen molar-refractivity contribution in [3.8, 4) is 11.5 Å². The molecule has 0 aromatic heterocycles. The van der Waals surface area contributed by atoms with Crippen LogP contribution in [0, 0.1) is 10.8 Å². The first-order valence-corrected chi connectivity index (χ1v) is 7.12. The Hall–Kier alpha value is -1.30. The second-order valence-corrected chi connectivity index (χ2v) is 6.62. The lowest BCUT2D eigenvalue weighted by Crippen LogP contribution is -2.47. The van der Waals surface area contributed by atoms with Crippen LogP contribution in [0.4, 0.5) is 0 Å². The molecule has 118 valence electrons. The molecule has 0 radical (unpaired) electrons. The molecule has 2 aliphatic heterocycles. The van der Waals surface area contributed by atoms with Crippen LogP contribution in [-0.4, -0.2) is 49.9 Å². The van der Waals surface area contributed by atoms with Crippen molar-refractivity contribution in [3.63, 3.8) is 0 Å². The number of phenols is 2. The standard InChI is InChI=1S/C10H18O3.C6H6O2/c1-9(3-11-4-9)7-13-8-10(2)5-12-6-10;7-5-2-1-3-6(8)4-5/h3-8H2,1-2H3;1-4,7-8H. The van der Waals surface area contributed by atoms with E-state index in [4.69, 9.17) is 24.4 Å². The summed E-state index contributed by atoms with van der Waals surface area (Å²) in [4.78, 5) is 0. The van der Waals surface area contributed by atoms with Crippen LogP contribution in [0.2, 0.25) is 0 Å². The Morgan fingerprint density at radius 2 is 1.38 bits per heavy atom. The van der Waals surface area contributed by atoms with E-state index in [0.29, 0.717) is 0 Å². The van der Waals surface area contributed by atoms with Crippen LogP contribution in [0.25, 0.3) is 0 Å². The first kappa shape index (κ1) is 16.1. The minimum Gasteiger partial charge on any atom is -0.508 e. The average Bonchev–Trinajstić information content (AvgIpc) is 2.35. The van der Waals surface area contributed by atoms with Crippen molar-refractivity contribution in [3.05, 3.63) is 24.3 Å². The first-order chi connectivity index (χ1) is 9.91. The summed E-state index contributed by atoms with van der Waals surface area (Å²) in [5, 5.41) is 17.3.